The normalized spacial score (nSPS) is 12.1. The number of primary amides is 1. The molecule has 3 rings (SSSR count). The van der Waals surface area contributed by atoms with Crippen molar-refractivity contribution < 1.29 is 9.18 Å². The Morgan fingerprint density at radius 3 is 2.84 bits per heavy atom. The minimum Gasteiger partial charge on any atom is -0.366 e. The van der Waals surface area contributed by atoms with Gasteiger partial charge in [-0.25, -0.2) is 9.37 Å². The summed E-state index contributed by atoms with van der Waals surface area (Å²) in [5.41, 5.74) is 5.96. The van der Waals surface area contributed by atoms with E-state index in [1.807, 2.05) is 0 Å². The molecule has 128 valence electrons. The fourth-order valence-corrected chi connectivity index (χ4v) is 2.67. The van der Waals surface area contributed by atoms with Crippen LogP contribution in [0.5, 0.6) is 0 Å². The molecule has 0 spiro atoms. The standard InChI is InChI=1S/C17H14ClFN4O2/c1-8(22-15-6-9(16(20)24)2-3-21-15)11-4-10-5-12(18)13(19)7-14(10)23-17(11)25/h2-8H,1H3,(H2,20,24)(H,21,22)(H,23,25)/t8-/m0/s1. The molecule has 1 aromatic carbocycles. The zero-order valence-electron chi connectivity index (χ0n) is 13.1. The summed E-state index contributed by atoms with van der Waals surface area (Å²) in [6.45, 7) is 1.76. The maximum Gasteiger partial charge on any atom is 0.253 e. The van der Waals surface area contributed by atoms with Gasteiger partial charge in [0, 0.05) is 22.7 Å². The van der Waals surface area contributed by atoms with Crippen molar-refractivity contribution in [2.45, 2.75) is 13.0 Å². The van der Waals surface area contributed by atoms with Crippen LogP contribution in [-0.4, -0.2) is 15.9 Å². The highest BCUT2D eigenvalue weighted by Crippen LogP contribution is 2.23. The van der Waals surface area contributed by atoms with Gasteiger partial charge < -0.3 is 16.0 Å². The van der Waals surface area contributed by atoms with Gasteiger partial charge in [-0.15, -0.1) is 0 Å². The van der Waals surface area contributed by atoms with Crippen molar-refractivity contribution in [3.63, 3.8) is 0 Å². The number of nitrogens with two attached hydrogens (primary N) is 1. The molecule has 0 saturated carbocycles. The number of rotatable bonds is 4. The Hall–Kier alpha value is -2.93. The number of carbonyl (C=O) groups is 1. The fourth-order valence-electron chi connectivity index (χ4n) is 2.50. The van der Waals surface area contributed by atoms with Crippen LogP contribution in [-0.2, 0) is 0 Å². The number of H-pyrrole nitrogens is 1. The minimum atomic E-state index is -0.601. The van der Waals surface area contributed by atoms with Gasteiger partial charge in [-0.3, -0.25) is 9.59 Å². The van der Waals surface area contributed by atoms with E-state index in [0.717, 1.165) is 0 Å². The minimum absolute atomic E-state index is 0.0260. The maximum atomic E-state index is 13.5. The summed E-state index contributed by atoms with van der Waals surface area (Å²) in [5.74, 6) is -0.769. The molecule has 25 heavy (non-hydrogen) atoms. The molecule has 0 fully saturated rings. The van der Waals surface area contributed by atoms with E-state index >= 15 is 0 Å². The predicted octanol–water partition coefficient (Wildman–Crippen LogP) is 2.99. The lowest BCUT2D eigenvalue weighted by atomic mass is 10.1. The lowest BCUT2D eigenvalue weighted by Gasteiger charge is -2.15. The summed E-state index contributed by atoms with van der Waals surface area (Å²) in [5, 5.41) is 3.62. The molecule has 6 nitrogen and oxygen atoms in total. The molecule has 0 saturated heterocycles. The summed E-state index contributed by atoms with van der Waals surface area (Å²) in [6.07, 6.45) is 1.45. The van der Waals surface area contributed by atoms with Crippen LogP contribution in [0, 0.1) is 5.82 Å². The van der Waals surface area contributed by atoms with Crippen LogP contribution in [0.2, 0.25) is 5.02 Å². The highest BCUT2D eigenvalue weighted by molar-refractivity contribution is 6.31. The number of nitrogens with zero attached hydrogens (tertiary/aromatic N) is 1. The molecule has 0 aliphatic carbocycles. The largest absolute Gasteiger partial charge is 0.366 e. The van der Waals surface area contributed by atoms with Crippen molar-refractivity contribution in [2.75, 3.05) is 5.32 Å². The summed E-state index contributed by atoms with van der Waals surface area (Å²) in [4.78, 5) is 30.3. The molecular formula is C17H14ClFN4O2. The van der Waals surface area contributed by atoms with Crippen LogP contribution >= 0.6 is 11.6 Å². The lowest BCUT2D eigenvalue weighted by molar-refractivity contribution is 0.1000. The molecule has 1 atom stereocenters. The van der Waals surface area contributed by atoms with E-state index in [-0.39, 0.29) is 10.6 Å². The van der Waals surface area contributed by atoms with E-state index in [2.05, 4.69) is 15.3 Å². The molecule has 0 aliphatic heterocycles. The summed E-state index contributed by atoms with van der Waals surface area (Å²) >= 11 is 5.80. The van der Waals surface area contributed by atoms with Crippen LogP contribution < -0.4 is 16.6 Å². The SMILES string of the molecule is C[C@H](Nc1cc(C(N)=O)ccn1)c1cc2cc(Cl)c(F)cc2[nH]c1=O. The molecule has 2 aromatic heterocycles. The van der Waals surface area contributed by atoms with E-state index in [0.29, 0.717) is 27.8 Å². The van der Waals surface area contributed by atoms with Gasteiger partial charge in [0.1, 0.15) is 11.6 Å². The molecule has 8 heteroatoms. The summed E-state index contributed by atoms with van der Waals surface area (Å²) in [6, 6.07) is 6.84. The van der Waals surface area contributed by atoms with Crippen LogP contribution in [0.4, 0.5) is 10.2 Å². The van der Waals surface area contributed by atoms with Gasteiger partial charge in [-0.1, -0.05) is 11.6 Å². The van der Waals surface area contributed by atoms with Gasteiger partial charge in [-0.2, -0.15) is 0 Å². The lowest BCUT2D eigenvalue weighted by Crippen LogP contribution is -2.20. The monoisotopic (exact) mass is 360 g/mol. The zero-order valence-corrected chi connectivity index (χ0v) is 13.9. The van der Waals surface area contributed by atoms with Crippen molar-refractivity contribution in [3.05, 3.63) is 68.8 Å². The van der Waals surface area contributed by atoms with E-state index in [1.165, 1.54) is 30.5 Å². The Morgan fingerprint density at radius 1 is 1.36 bits per heavy atom. The quantitative estimate of drug-likeness (QED) is 0.665. The highest BCUT2D eigenvalue weighted by Gasteiger charge is 2.14. The molecule has 0 aliphatic rings. The number of halogens is 2. The maximum absolute atomic E-state index is 13.5. The number of anilines is 1. The zero-order chi connectivity index (χ0) is 18.1. The van der Waals surface area contributed by atoms with Crippen molar-refractivity contribution in [3.8, 4) is 0 Å². The van der Waals surface area contributed by atoms with Crippen LogP contribution in [0.15, 0.2) is 41.3 Å². The number of pyridine rings is 2. The van der Waals surface area contributed by atoms with Crippen molar-refractivity contribution in [2.24, 2.45) is 5.73 Å². The van der Waals surface area contributed by atoms with E-state index < -0.39 is 17.8 Å². The molecule has 3 aromatic rings. The Labute approximate surface area is 146 Å². The second-order valence-electron chi connectivity index (χ2n) is 5.57. The number of carbonyl (C=O) groups excluding carboxylic acids is 1. The molecule has 0 radical (unpaired) electrons. The first-order valence-corrected chi connectivity index (χ1v) is 7.77. The second kappa shape index (κ2) is 6.52. The Kier molecular flexibility index (Phi) is 4.41. The van der Waals surface area contributed by atoms with Gasteiger partial charge in [0.25, 0.3) is 5.56 Å². The first-order valence-electron chi connectivity index (χ1n) is 7.39. The van der Waals surface area contributed by atoms with Gasteiger partial charge >= 0.3 is 0 Å². The number of amides is 1. The number of nitrogens with one attached hydrogen (secondary N) is 2. The van der Waals surface area contributed by atoms with Gasteiger partial charge in [0.2, 0.25) is 5.91 Å². The van der Waals surface area contributed by atoms with E-state index in [1.54, 1.807) is 13.0 Å². The predicted molar refractivity (Wildman–Crippen MR) is 94.3 cm³/mol. The summed E-state index contributed by atoms with van der Waals surface area (Å²) in [7, 11) is 0. The van der Waals surface area contributed by atoms with Crippen LogP contribution in [0.1, 0.15) is 28.9 Å². The topological polar surface area (TPSA) is 101 Å². The Bertz CT molecular complexity index is 1030. The number of hydrogen-bond donors (Lipinski definition) is 3. The van der Waals surface area contributed by atoms with Crippen molar-refractivity contribution in [1.29, 1.82) is 0 Å². The number of benzene rings is 1. The third kappa shape index (κ3) is 3.46. The Balaban J connectivity index is 1.96. The van der Waals surface area contributed by atoms with Gasteiger partial charge in [0.15, 0.2) is 0 Å². The third-order valence-corrected chi connectivity index (χ3v) is 4.08. The number of aromatic nitrogens is 2. The third-order valence-electron chi connectivity index (χ3n) is 3.79. The molecule has 0 unspecified atom stereocenters. The number of fused-ring (bicyclic) bond motifs is 1. The first-order chi connectivity index (χ1) is 11.8. The van der Waals surface area contributed by atoms with E-state index in [4.69, 9.17) is 17.3 Å². The molecular weight excluding hydrogens is 347 g/mol. The highest BCUT2D eigenvalue weighted by atomic mass is 35.5. The number of aromatic amines is 1. The Morgan fingerprint density at radius 2 is 2.12 bits per heavy atom. The number of hydrogen-bond acceptors (Lipinski definition) is 4. The van der Waals surface area contributed by atoms with Gasteiger partial charge in [0.05, 0.1) is 16.6 Å². The molecule has 4 N–H and O–H groups in total. The van der Waals surface area contributed by atoms with Gasteiger partial charge in [-0.05, 0) is 37.3 Å². The van der Waals surface area contributed by atoms with Crippen molar-refractivity contribution >= 4 is 34.2 Å². The summed E-state index contributed by atoms with van der Waals surface area (Å²) < 4.78 is 13.5. The average molecular weight is 361 g/mol. The molecule has 1 amide bonds. The average Bonchev–Trinajstić information content (AvgIpc) is 2.56. The molecule has 2 heterocycles. The second-order valence-corrected chi connectivity index (χ2v) is 5.97. The smallest absolute Gasteiger partial charge is 0.253 e. The van der Waals surface area contributed by atoms with Crippen LogP contribution in [0.3, 0.4) is 0 Å². The fraction of sp³-hybridized carbons (Fsp3) is 0.118. The van der Waals surface area contributed by atoms with E-state index in [9.17, 15) is 14.0 Å². The van der Waals surface area contributed by atoms with Crippen LogP contribution in [0.25, 0.3) is 10.9 Å². The first kappa shape index (κ1) is 16.9. The van der Waals surface area contributed by atoms with Crippen molar-refractivity contribution in [1.82, 2.24) is 9.97 Å². The molecule has 0 bridgehead atoms.